The van der Waals surface area contributed by atoms with Crippen LogP contribution in [0.4, 0.5) is 0 Å². The molecular weight excluding hydrogens is 234 g/mol. The van der Waals surface area contributed by atoms with Gasteiger partial charge in [0.1, 0.15) is 0 Å². The summed E-state index contributed by atoms with van der Waals surface area (Å²) in [5.41, 5.74) is 0. The van der Waals surface area contributed by atoms with E-state index in [0.717, 1.165) is 24.5 Å². The Morgan fingerprint density at radius 1 is 1.11 bits per heavy atom. The van der Waals surface area contributed by atoms with Gasteiger partial charge in [0, 0.05) is 25.2 Å². The van der Waals surface area contributed by atoms with Crippen molar-refractivity contribution in [3.63, 3.8) is 0 Å². The molecule has 1 aliphatic heterocycles. The molecule has 19 heavy (non-hydrogen) atoms. The second-order valence-corrected chi connectivity index (χ2v) is 6.50. The number of hydrogen-bond acceptors (Lipinski definition) is 3. The van der Waals surface area contributed by atoms with Crippen molar-refractivity contribution < 1.29 is 0 Å². The van der Waals surface area contributed by atoms with Gasteiger partial charge in [-0.15, -0.1) is 0 Å². The van der Waals surface area contributed by atoms with Crippen LogP contribution in [0.5, 0.6) is 0 Å². The molecule has 0 bridgehead atoms. The van der Waals surface area contributed by atoms with Gasteiger partial charge in [-0.3, -0.25) is 4.90 Å². The Bertz CT molecular complexity index is 256. The molecule has 0 radical (unpaired) electrons. The summed E-state index contributed by atoms with van der Waals surface area (Å²) in [5.74, 6) is 0.876. The molecule has 0 amide bonds. The van der Waals surface area contributed by atoms with E-state index in [1.54, 1.807) is 0 Å². The van der Waals surface area contributed by atoms with Crippen LogP contribution in [0.15, 0.2) is 0 Å². The number of rotatable bonds is 7. The van der Waals surface area contributed by atoms with Crippen LogP contribution >= 0.6 is 0 Å². The number of likely N-dealkylation sites (tertiary alicyclic amines) is 1. The minimum Gasteiger partial charge on any atom is -0.314 e. The maximum atomic E-state index is 3.68. The second kappa shape index (κ2) is 7.61. The zero-order chi connectivity index (χ0) is 13.7. The van der Waals surface area contributed by atoms with E-state index in [9.17, 15) is 0 Å². The number of nitrogens with zero attached hydrogens (tertiary/aromatic N) is 2. The van der Waals surface area contributed by atoms with Gasteiger partial charge >= 0.3 is 0 Å². The van der Waals surface area contributed by atoms with Gasteiger partial charge in [0.2, 0.25) is 0 Å². The Balaban J connectivity index is 1.75. The van der Waals surface area contributed by atoms with Crippen molar-refractivity contribution in [1.29, 1.82) is 0 Å². The third-order valence-corrected chi connectivity index (χ3v) is 5.10. The summed E-state index contributed by atoms with van der Waals surface area (Å²) in [6.07, 6.45) is 7.02. The fourth-order valence-corrected chi connectivity index (χ4v) is 4.14. The highest BCUT2D eigenvalue weighted by Gasteiger charge is 2.29. The van der Waals surface area contributed by atoms with E-state index in [1.165, 1.54) is 58.3 Å². The molecule has 2 aliphatic rings. The molecule has 1 N–H and O–H groups in total. The van der Waals surface area contributed by atoms with Gasteiger partial charge in [-0.2, -0.15) is 0 Å². The molecule has 1 saturated carbocycles. The summed E-state index contributed by atoms with van der Waals surface area (Å²) in [4.78, 5) is 5.26. The first-order valence-electron chi connectivity index (χ1n) is 8.40. The smallest absolute Gasteiger partial charge is 0.0223 e. The van der Waals surface area contributed by atoms with E-state index in [1.807, 2.05) is 0 Å². The Kier molecular flexibility index (Phi) is 6.11. The molecule has 3 atom stereocenters. The first-order chi connectivity index (χ1) is 9.24. The van der Waals surface area contributed by atoms with E-state index in [4.69, 9.17) is 0 Å². The predicted molar refractivity (Wildman–Crippen MR) is 82.6 cm³/mol. The van der Waals surface area contributed by atoms with E-state index in [0.29, 0.717) is 0 Å². The van der Waals surface area contributed by atoms with Gasteiger partial charge in [-0.25, -0.2) is 0 Å². The third kappa shape index (κ3) is 4.17. The monoisotopic (exact) mass is 267 g/mol. The highest BCUT2D eigenvalue weighted by molar-refractivity contribution is 4.86. The standard InChI is InChI=1S/C16H33N3/c1-4-17-16-10-6-8-14(16)12-18(3)13-15-9-7-11-19(15)5-2/h14-17H,4-13H2,1-3H3. The van der Waals surface area contributed by atoms with Crippen molar-refractivity contribution in [2.24, 2.45) is 5.92 Å². The first-order valence-corrected chi connectivity index (χ1v) is 8.40. The van der Waals surface area contributed by atoms with Crippen molar-refractivity contribution in [2.75, 3.05) is 39.8 Å². The lowest BCUT2D eigenvalue weighted by atomic mass is 10.0. The molecule has 0 aromatic rings. The molecule has 3 heteroatoms. The quantitative estimate of drug-likeness (QED) is 0.763. The topological polar surface area (TPSA) is 18.5 Å². The van der Waals surface area contributed by atoms with Gasteiger partial charge < -0.3 is 10.2 Å². The summed E-state index contributed by atoms with van der Waals surface area (Å²) in [6.45, 7) is 10.7. The molecule has 1 aliphatic carbocycles. The summed E-state index contributed by atoms with van der Waals surface area (Å²) in [7, 11) is 2.33. The molecule has 0 spiro atoms. The molecule has 112 valence electrons. The lowest BCUT2D eigenvalue weighted by molar-refractivity contribution is 0.176. The minimum atomic E-state index is 0.776. The fourth-order valence-electron chi connectivity index (χ4n) is 4.14. The predicted octanol–water partition coefficient (Wildman–Crippen LogP) is 2.18. The summed E-state index contributed by atoms with van der Waals surface area (Å²) in [6, 6.07) is 1.59. The maximum absolute atomic E-state index is 3.68. The Morgan fingerprint density at radius 2 is 1.95 bits per heavy atom. The third-order valence-electron chi connectivity index (χ3n) is 5.10. The van der Waals surface area contributed by atoms with Crippen molar-refractivity contribution >= 4 is 0 Å². The SMILES string of the molecule is CCNC1CCCC1CN(C)CC1CCCN1CC. The number of nitrogens with one attached hydrogen (secondary N) is 1. The molecule has 3 nitrogen and oxygen atoms in total. The average Bonchev–Trinajstić information content (AvgIpc) is 3.00. The lowest BCUT2D eigenvalue weighted by Gasteiger charge is -2.31. The van der Waals surface area contributed by atoms with Crippen LogP contribution in [0.3, 0.4) is 0 Å². The van der Waals surface area contributed by atoms with E-state index < -0.39 is 0 Å². The molecule has 0 aromatic heterocycles. The van der Waals surface area contributed by atoms with Crippen molar-refractivity contribution in [3.8, 4) is 0 Å². The van der Waals surface area contributed by atoms with Gasteiger partial charge in [-0.1, -0.05) is 20.3 Å². The van der Waals surface area contributed by atoms with Crippen molar-refractivity contribution in [1.82, 2.24) is 15.1 Å². The van der Waals surface area contributed by atoms with Crippen LogP contribution in [0.1, 0.15) is 46.0 Å². The van der Waals surface area contributed by atoms with Gasteiger partial charge in [0.05, 0.1) is 0 Å². The van der Waals surface area contributed by atoms with Gasteiger partial charge in [0.25, 0.3) is 0 Å². The van der Waals surface area contributed by atoms with Crippen LogP contribution in [0, 0.1) is 5.92 Å². The fraction of sp³-hybridized carbons (Fsp3) is 1.00. The van der Waals surface area contributed by atoms with Gasteiger partial charge in [-0.05, 0) is 58.3 Å². The zero-order valence-corrected chi connectivity index (χ0v) is 13.2. The number of likely N-dealkylation sites (N-methyl/N-ethyl adjacent to an activating group) is 2. The van der Waals surface area contributed by atoms with E-state index >= 15 is 0 Å². The largest absolute Gasteiger partial charge is 0.314 e. The van der Waals surface area contributed by atoms with Crippen molar-refractivity contribution in [2.45, 2.75) is 58.0 Å². The van der Waals surface area contributed by atoms with Crippen LogP contribution in [0.2, 0.25) is 0 Å². The van der Waals surface area contributed by atoms with Crippen LogP contribution in [-0.2, 0) is 0 Å². The molecule has 1 heterocycles. The lowest BCUT2D eigenvalue weighted by Crippen LogP contribution is -2.43. The summed E-state index contributed by atoms with van der Waals surface area (Å²) >= 11 is 0. The minimum absolute atomic E-state index is 0.776. The normalized spacial score (nSPS) is 32.5. The van der Waals surface area contributed by atoms with E-state index in [-0.39, 0.29) is 0 Å². The summed E-state index contributed by atoms with van der Waals surface area (Å²) in [5, 5.41) is 3.68. The van der Waals surface area contributed by atoms with Gasteiger partial charge in [0.15, 0.2) is 0 Å². The van der Waals surface area contributed by atoms with Crippen LogP contribution in [-0.4, -0.2) is 61.7 Å². The maximum Gasteiger partial charge on any atom is 0.0223 e. The van der Waals surface area contributed by atoms with E-state index in [2.05, 4.69) is 36.0 Å². The molecule has 1 saturated heterocycles. The zero-order valence-electron chi connectivity index (χ0n) is 13.2. The molecule has 0 aromatic carbocycles. The molecule has 3 unspecified atom stereocenters. The molecule has 2 fully saturated rings. The first kappa shape index (κ1) is 15.3. The van der Waals surface area contributed by atoms with Crippen molar-refractivity contribution in [3.05, 3.63) is 0 Å². The molecular formula is C16H33N3. The van der Waals surface area contributed by atoms with Crippen LogP contribution < -0.4 is 5.32 Å². The Morgan fingerprint density at radius 3 is 2.68 bits per heavy atom. The second-order valence-electron chi connectivity index (χ2n) is 6.50. The molecule has 2 rings (SSSR count). The highest BCUT2D eigenvalue weighted by atomic mass is 15.2. The highest BCUT2D eigenvalue weighted by Crippen LogP contribution is 2.27. The summed E-state index contributed by atoms with van der Waals surface area (Å²) < 4.78 is 0. The Labute approximate surface area is 119 Å². The Hall–Kier alpha value is -0.120. The number of hydrogen-bond donors (Lipinski definition) is 1. The van der Waals surface area contributed by atoms with Crippen LogP contribution in [0.25, 0.3) is 0 Å². The average molecular weight is 267 g/mol.